The highest BCUT2D eigenvalue weighted by molar-refractivity contribution is 5.96. The van der Waals surface area contributed by atoms with Crippen LogP contribution in [0, 0.1) is 23.7 Å². The predicted octanol–water partition coefficient (Wildman–Crippen LogP) is 4.43. The van der Waals surface area contributed by atoms with Gasteiger partial charge in [0.25, 0.3) is 0 Å². The minimum Gasteiger partial charge on any atom is -0.461 e. The summed E-state index contributed by atoms with van der Waals surface area (Å²) in [4.78, 5) is 77.9. The highest BCUT2D eigenvalue weighted by Gasteiger charge is 2.53. The lowest BCUT2D eigenvalue weighted by molar-refractivity contribution is -0.304. The van der Waals surface area contributed by atoms with E-state index in [0.29, 0.717) is 17.8 Å². The molecule has 3 saturated heterocycles. The van der Waals surface area contributed by atoms with Gasteiger partial charge in [0.2, 0.25) is 5.91 Å². The molecule has 1 aromatic rings. The lowest BCUT2D eigenvalue weighted by Gasteiger charge is -2.48. The van der Waals surface area contributed by atoms with E-state index in [1.54, 1.807) is 59.0 Å². The first-order chi connectivity index (χ1) is 27.2. The molecule has 3 fully saturated rings. The average molecular weight is 816 g/mol. The molecule has 2 bridgehead atoms. The minimum atomic E-state index is -1.67. The van der Waals surface area contributed by atoms with E-state index in [9.17, 15) is 29.1 Å². The molecule has 4 heterocycles. The molecule has 3 aliphatic rings. The van der Waals surface area contributed by atoms with Gasteiger partial charge >= 0.3 is 17.9 Å². The van der Waals surface area contributed by atoms with Gasteiger partial charge in [-0.3, -0.25) is 29.0 Å². The zero-order valence-electron chi connectivity index (χ0n) is 36.1. The van der Waals surface area contributed by atoms with Crippen LogP contribution < -0.4 is 0 Å². The van der Waals surface area contributed by atoms with Gasteiger partial charge in [-0.15, -0.1) is 0 Å². The molecular weight excluding hydrogens is 750 g/mol. The molecule has 0 aromatic carbocycles. The molecule has 1 N–H and O–H groups in total. The highest BCUT2D eigenvalue weighted by atomic mass is 16.7. The number of carbonyl (C=O) groups is 5. The second-order valence-electron chi connectivity index (χ2n) is 17.1. The normalized spacial score (nSPS) is 37.5. The Morgan fingerprint density at radius 1 is 1.02 bits per heavy atom. The number of Topliss-reactive ketones (excluding diaryl/α,β-unsaturated/α-hetero) is 1. The van der Waals surface area contributed by atoms with Crippen molar-refractivity contribution in [3.8, 4) is 0 Å². The number of fused-ring (bicyclic) bond motifs is 5. The molecule has 0 radical (unpaired) electrons. The van der Waals surface area contributed by atoms with Gasteiger partial charge in [0.15, 0.2) is 18.2 Å². The average Bonchev–Trinajstić information content (AvgIpc) is 3.17. The molecule has 324 valence electrons. The maximum Gasteiger partial charge on any atom is 0.312 e. The summed E-state index contributed by atoms with van der Waals surface area (Å²) >= 11 is 0. The van der Waals surface area contributed by atoms with Gasteiger partial charge in [0.05, 0.1) is 41.9 Å². The molecule has 15 heteroatoms. The van der Waals surface area contributed by atoms with Gasteiger partial charge in [0.1, 0.15) is 24.4 Å². The molecule has 4 rings (SSSR count). The van der Waals surface area contributed by atoms with Gasteiger partial charge in [0, 0.05) is 44.0 Å². The van der Waals surface area contributed by atoms with E-state index in [4.69, 9.17) is 28.4 Å². The summed E-state index contributed by atoms with van der Waals surface area (Å²) in [5.74, 6) is -5.80. The van der Waals surface area contributed by atoms with Crippen LogP contribution in [0.3, 0.4) is 0 Å². The summed E-state index contributed by atoms with van der Waals surface area (Å²) in [6.45, 7) is 14.6. The van der Waals surface area contributed by atoms with Crippen LogP contribution in [0.5, 0.6) is 0 Å². The predicted molar refractivity (Wildman–Crippen MR) is 212 cm³/mol. The second-order valence-corrected chi connectivity index (χ2v) is 17.1. The molecular formula is C43H65N3O12. The summed E-state index contributed by atoms with van der Waals surface area (Å²) in [5.41, 5.74) is -2.14. The fraction of sp³-hybridized carbons (Fsp3) is 0.744. The Hall–Kier alpha value is -3.63. The summed E-state index contributed by atoms with van der Waals surface area (Å²) in [7, 11) is 3.74. The SMILES string of the molecule is CC[C@H]1OC(=O)[C@H](C)[C@@H](OC(=O)Cc2ccccn2)[C@H](C)[C@@H](O[C@@H]2O[C@H](C)C[C@H](N(C)C)[C@H]2OC(C)=O)[C@@]2(C)CCC(=NC(C)=O)[C@H](C)[C@@H](CCC(=O)CO2)[C@]1(C)O. The van der Waals surface area contributed by atoms with Crippen LogP contribution in [-0.2, 0) is 58.8 Å². The number of ketones is 1. The van der Waals surface area contributed by atoms with Crippen molar-refractivity contribution in [2.75, 3.05) is 20.7 Å². The maximum absolute atomic E-state index is 14.4. The number of hydrogen-bond acceptors (Lipinski definition) is 14. The third-order valence-electron chi connectivity index (χ3n) is 12.3. The third-order valence-corrected chi connectivity index (χ3v) is 12.3. The van der Waals surface area contributed by atoms with E-state index in [0.717, 1.165) is 0 Å². The van der Waals surface area contributed by atoms with Crippen LogP contribution in [0.25, 0.3) is 0 Å². The van der Waals surface area contributed by atoms with Crippen LogP contribution >= 0.6 is 0 Å². The largest absolute Gasteiger partial charge is 0.461 e. The molecule has 1 amide bonds. The van der Waals surface area contributed by atoms with Crippen molar-refractivity contribution >= 4 is 35.3 Å². The Labute approximate surface area is 342 Å². The first-order valence-electron chi connectivity index (χ1n) is 20.6. The Balaban J connectivity index is 1.97. The molecule has 1 aromatic heterocycles. The topological polar surface area (TPSA) is 189 Å². The molecule has 13 atom stereocenters. The summed E-state index contributed by atoms with van der Waals surface area (Å²) in [6.07, 6.45) is -3.14. The third kappa shape index (κ3) is 11.6. The Kier molecular flexibility index (Phi) is 16.3. The van der Waals surface area contributed by atoms with Gasteiger partial charge in [-0.1, -0.05) is 26.8 Å². The summed E-state index contributed by atoms with van der Waals surface area (Å²) in [6, 6.07) is 4.85. The van der Waals surface area contributed by atoms with Crippen molar-refractivity contribution in [2.24, 2.45) is 28.7 Å². The number of esters is 3. The van der Waals surface area contributed by atoms with Crippen molar-refractivity contribution in [2.45, 2.75) is 161 Å². The molecule has 58 heavy (non-hydrogen) atoms. The van der Waals surface area contributed by atoms with E-state index in [2.05, 4.69) is 9.98 Å². The quantitative estimate of drug-likeness (QED) is 0.287. The van der Waals surface area contributed by atoms with Gasteiger partial charge < -0.3 is 38.4 Å². The Morgan fingerprint density at radius 2 is 1.72 bits per heavy atom. The van der Waals surface area contributed by atoms with Crippen molar-refractivity contribution in [1.29, 1.82) is 0 Å². The number of carbonyl (C=O) groups excluding carboxylic acids is 5. The molecule has 0 aliphatic carbocycles. The zero-order chi connectivity index (χ0) is 43.1. The van der Waals surface area contributed by atoms with Crippen molar-refractivity contribution in [1.82, 2.24) is 9.88 Å². The van der Waals surface area contributed by atoms with Crippen LogP contribution in [0.1, 0.15) is 107 Å². The van der Waals surface area contributed by atoms with Crippen LogP contribution in [0.15, 0.2) is 29.4 Å². The van der Waals surface area contributed by atoms with Crippen molar-refractivity contribution < 1.29 is 57.5 Å². The monoisotopic (exact) mass is 815 g/mol. The van der Waals surface area contributed by atoms with Crippen LogP contribution in [-0.4, -0.2) is 125 Å². The number of ether oxygens (including phenoxy) is 6. The highest BCUT2D eigenvalue weighted by Crippen LogP contribution is 2.42. The number of aliphatic hydroxyl groups is 1. The van der Waals surface area contributed by atoms with Crippen molar-refractivity contribution in [3.05, 3.63) is 30.1 Å². The van der Waals surface area contributed by atoms with Gasteiger partial charge in [-0.25, -0.2) is 4.99 Å². The second kappa shape index (κ2) is 20.1. The van der Waals surface area contributed by atoms with Gasteiger partial charge in [-0.2, -0.15) is 0 Å². The number of pyridine rings is 1. The number of amides is 1. The maximum atomic E-state index is 14.4. The number of hydrogen-bond donors (Lipinski definition) is 1. The van der Waals surface area contributed by atoms with Crippen LogP contribution in [0.2, 0.25) is 0 Å². The van der Waals surface area contributed by atoms with E-state index < -0.39 is 89.4 Å². The number of aliphatic imine (C=N–C) groups is 1. The summed E-state index contributed by atoms with van der Waals surface area (Å²) < 4.78 is 38.4. The van der Waals surface area contributed by atoms with E-state index in [-0.39, 0.29) is 63.1 Å². The number of aromatic nitrogens is 1. The molecule has 3 aliphatic heterocycles. The Morgan fingerprint density at radius 3 is 2.33 bits per heavy atom. The molecule has 0 spiro atoms. The molecule has 15 nitrogen and oxygen atoms in total. The lowest BCUT2D eigenvalue weighted by atomic mass is 9.70. The standard InChI is InChI=1S/C43H65N3O12/c1-12-35-43(9,52)32-17-16-31(49)23-53-42(8,19-18-33(25(32)3)45-28(6)47)39(58-41-38(55-29(7)48)34(46(10)11)21-24(2)54-41)26(4)37(27(5)40(51)56-35)57-36(50)22-30-15-13-14-20-44-30/h13-15,20,24-27,32,34-35,37-39,41,52H,12,16-19,21-23H2,1-11H3/t24-,25-,26+,27-,32-,34+,35-,37+,38-,39-,41+,42-,43+/m1/s1. The smallest absolute Gasteiger partial charge is 0.312 e. The van der Waals surface area contributed by atoms with E-state index >= 15 is 0 Å². The van der Waals surface area contributed by atoms with Crippen molar-refractivity contribution in [3.63, 3.8) is 0 Å². The first-order valence-corrected chi connectivity index (χ1v) is 20.6. The molecule has 0 saturated carbocycles. The summed E-state index contributed by atoms with van der Waals surface area (Å²) in [5, 5.41) is 12.4. The first kappa shape index (κ1) is 47.1. The van der Waals surface area contributed by atoms with E-state index in [1.807, 2.05) is 32.8 Å². The minimum absolute atomic E-state index is 0.0203. The van der Waals surface area contributed by atoms with E-state index in [1.165, 1.54) is 13.8 Å². The van der Waals surface area contributed by atoms with Crippen LogP contribution in [0.4, 0.5) is 0 Å². The fourth-order valence-electron chi connectivity index (χ4n) is 9.02. The molecule has 0 unspecified atom stereocenters. The lowest BCUT2D eigenvalue weighted by Crippen LogP contribution is -2.61. The number of rotatable bonds is 8. The zero-order valence-corrected chi connectivity index (χ0v) is 36.1. The Bertz CT molecular complexity index is 1630. The number of cyclic esters (lactones) is 1. The van der Waals surface area contributed by atoms with Gasteiger partial charge in [-0.05, 0) is 91.9 Å². The number of nitrogens with zero attached hydrogens (tertiary/aromatic N) is 3. The fourth-order valence-corrected chi connectivity index (χ4v) is 9.02. The number of likely N-dealkylation sites (N-methyl/N-ethyl adjacent to an activating group) is 1.